The summed E-state index contributed by atoms with van der Waals surface area (Å²) in [7, 11) is -3.52. The van der Waals surface area contributed by atoms with Crippen molar-refractivity contribution in [1.82, 2.24) is 14.9 Å². The fraction of sp³-hybridized carbons (Fsp3) is 0.632. The Morgan fingerprint density at radius 3 is 2.23 bits per heavy atom. The molecule has 0 unspecified atom stereocenters. The van der Waals surface area contributed by atoms with Gasteiger partial charge in [0.2, 0.25) is 15.9 Å². The minimum Gasteiger partial charge on any atom is -0.355 e. The third-order valence-electron chi connectivity index (χ3n) is 4.88. The summed E-state index contributed by atoms with van der Waals surface area (Å²) in [6, 6.07) is 3.81. The Kier molecular flexibility index (Phi) is 7.20. The standard InChI is InChI=1S/C19H31N3O3S/c1-5-20-8-9-21-19(23)17-6-10-22(11-7-17)26(24,25)18-15(3)12-14(2)13-16(18)4/h12-13,17,20H,5-11H2,1-4H3,(H,21,23). The molecule has 1 heterocycles. The van der Waals surface area contributed by atoms with Crippen molar-refractivity contribution in [1.29, 1.82) is 0 Å². The van der Waals surface area contributed by atoms with E-state index in [2.05, 4.69) is 10.6 Å². The van der Waals surface area contributed by atoms with Crippen molar-refractivity contribution in [2.75, 3.05) is 32.7 Å². The number of rotatable bonds is 7. The van der Waals surface area contributed by atoms with E-state index in [-0.39, 0.29) is 11.8 Å². The predicted molar refractivity (Wildman–Crippen MR) is 104 cm³/mol. The Balaban J connectivity index is 2.00. The van der Waals surface area contributed by atoms with Gasteiger partial charge in [0.15, 0.2) is 0 Å². The van der Waals surface area contributed by atoms with E-state index in [1.807, 2.05) is 39.8 Å². The molecule has 0 aromatic heterocycles. The van der Waals surface area contributed by atoms with Crippen LogP contribution < -0.4 is 10.6 Å². The summed E-state index contributed by atoms with van der Waals surface area (Å²) in [4.78, 5) is 12.6. The average molecular weight is 382 g/mol. The number of hydrogen-bond donors (Lipinski definition) is 2. The second-order valence-corrected chi connectivity index (χ2v) is 8.93. The molecule has 0 saturated carbocycles. The SMILES string of the molecule is CCNCCNC(=O)C1CCN(S(=O)(=O)c2c(C)cc(C)cc2C)CC1. The van der Waals surface area contributed by atoms with Gasteiger partial charge >= 0.3 is 0 Å². The van der Waals surface area contributed by atoms with E-state index < -0.39 is 10.0 Å². The molecule has 2 N–H and O–H groups in total. The fourth-order valence-electron chi connectivity index (χ4n) is 3.66. The summed E-state index contributed by atoms with van der Waals surface area (Å²) in [5.74, 6) is -0.0778. The van der Waals surface area contributed by atoms with Gasteiger partial charge in [0.25, 0.3) is 0 Å². The molecule has 0 aliphatic carbocycles. The molecule has 1 saturated heterocycles. The number of nitrogens with zero attached hydrogens (tertiary/aromatic N) is 1. The number of carbonyl (C=O) groups excluding carboxylic acids is 1. The van der Waals surface area contributed by atoms with Crippen LogP contribution in [0.25, 0.3) is 0 Å². The lowest BCUT2D eigenvalue weighted by Gasteiger charge is -2.31. The van der Waals surface area contributed by atoms with Crippen molar-refractivity contribution in [2.45, 2.75) is 45.4 Å². The fourth-order valence-corrected chi connectivity index (χ4v) is 5.54. The van der Waals surface area contributed by atoms with Crippen LogP contribution >= 0.6 is 0 Å². The van der Waals surface area contributed by atoms with Crippen LogP contribution in [0.2, 0.25) is 0 Å². The van der Waals surface area contributed by atoms with Gasteiger partial charge in [-0.05, 0) is 51.3 Å². The third kappa shape index (κ3) is 4.84. The van der Waals surface area contributed by atoms with Crippen molar-refractivity contribution in [2.24, 2.45) is 5.92 Å². The molecule has 26 heavy (non-hydrogen) atoms. The smallest absolute Gasteiger partial charge is 0.243 e. The Morgan fingerprint density at radius 1 is 1.12 bits per heavy atom. The van der Waals surface area contributed by atoms with E-state index in [1.54, 1.807) is 0 Å². The van der Waals surface area contributed by atoms with Crippen molar-refractivity contribution >= 4 is 15.9 Å². The number of amides is 1. The van der Waals surface area contributed by atoms with Crippen molar-refractivity contribution < 1.29 is 13.2 Å². The number of hydrogen-bond acceptors (Lipinski definition) is 4. The van der Waals surface area contributed by atoms with Crippen LogP contribution in [0, 0.1) is 26.7 Å². The number of piperidine rings is 1. The van der Waals surface area contributed by atoms with Crippen LogP contribution in [0.3, 0.4) is 0 Å². The maximum absolute atomic E-state index is 13.1. The van der Waals surface area contributed by atoms with E-state index in [9.17, 15) is 13.2 Å². The van der Waals surface area contributed by atoms with Gasteiger partial charge in [0.05, 0.1) is 4.90 Å². The van der Waals surface area contributed by atoms with Crippen LogP contribution in [0.1, 0.15) is 36.5 Å². The zero-order valence-electron chi connectivity index (χ0n) is 16.3. The molecule has 1 aliphatic rings. The van der Waals surface area contributed by atoms with Gasteiger partial charge in [-0.3, -0.25) is 4.79 Å². The van der Waals surface area contributed by atoms with E-state index in [0.29, 0.717) is 37.4 Å². The first kappa shape index (κ1) is 20.9. The Labute approximate surface area is 157 Å². The summed E-state index contributed by atoms with van der Waals surface area (Å²) < 4.78 is 27.7. The molecule has 0 radical (unpaired) electrons. The summed E-state index contributed by atoms with van der Waals surface area (Å²) in [5, 5.41) is 6.09. The van der Waals surface area contributed by atoms with E-state index >= 15 is 0 Å². The molecule has 0 spiro atoms. The quantitative estimate of drug-likeness (QED) is 0.705. The van der Waals surface area contributed by atoms with Crippen LogP contribution in [0.15, 0.2) is 17.0 Å². The lowest BCUT2D eigenvalue weighted by molar-refractivity contribution is -0.126. The number of likely N-dealkylation sites (N-methyl/N-ethyl adjacent to an activating group) is 1. The molecule has 1 amide bonds. The van der Waals surface area contributed by atoms with E-state index in [4.69, 9.17) is 0 Å². The number of benzene rings is 1. The molecule has 146 valence electrons. The lowest BCUT2D eigenvalue weighted by atomic mass is 9.97. The van der Waals surface area contributed by atoms with E-state index in [1.165, 1.54) is 4.31 Å². The summed E-state index contributed by atoms with van der Waals surface area (Å²) in [5.41, 5.74) is 2.63. The first-order valence-corrected chi connectivity index (χ1v) is 10.8. The molecule has 2 rings (SSSR count). The number of aryl methyl sites for hydroxylation is 3. The zero-order valence-corrected chi connectivity index (χ0v) is 17.1. The topological polar surface area (TPSA) is 78.5 Å². The first-order chi connectivity index (χ1) is 12.3. The average Bonchev–Trinajstić information content (AvgIpc) is 2.57. The van der Waals surface area contributed by atoms with Crippen LogP contribution in [-0.4, -0.2) is 51.4 Å². The van der Waals surface area contributed by atoms with Crippen LogP contribution in [0.4, 0.5) is 0 Å². The first-order valence-electron chi connectivity index (χ1n) is 9.33. The lowest BCUT2D eigenvalue weighted by Crippen LogP contribution is -2.44. The van der Waals surface area contributed by atoms with Gasteiger partial charge in [-0.1, -0.05) is 24.6 Å². The maximum Gasteiger partial charge on any atom is 0.243 e. The largest absolute Gasteiger partial charge is 0.355 e. The molecule has 1 aromatic rings. The number of carbonyl (C=O) groups is 1. The molecule has 0 atom stereocenters. The van der Waals surface area contributed by atoms with Crippen molar-refractivity contribution in [3.63, 3.8) is 0 Å². The van der Waals surface area contributed by atoms with Gasteiger partial charge < -0.3 is 10.6 Å². The van der Waals surface area contributed by atoms with E-state index in [0.717, 1.165) is 29.8 Å². The van der Waals surface area contributed by atoms with Gasteiger partial charge in [0, 0.05) is 32.1 Å². The number of nitrogens with one attached hydrogen (secondary N) is 2. The normalized spacial score (nSPS) is 16.6. The second kappa shape index (κ2) is 8.97. The molecular formula is C19H31N3O3S. The maximum atomic E-state index is 13.1. The van der Waals surface area contributed by atoms with Gasteiger partial charge in [-0.2, -0.15) is 4.31 Å². The second-order valence-electron chi connectivity index (χ2n) is 7.05. The Hall–Kier alpha value is -1.44. The number of sulfonamides is 1. The summed E-state index contributed by atoms with van der Waals surface area (Å²) in [6.45, 7) is 10.7. The monoisotopic (exact) mass is 381 g/mol. The van der Waals surface area contributed by atoms with Gasteiger partial charge in [-0.25, -0.2) is 8.42 Å². The Morgan fingerprint density at radius 2 is 1.69 bits per heavy atom. The minimum atomic E-state index is -3.52. The minimum absolute atomic E-state index is 0.0302. The molecule has 1 fully saturated rings. The third-order valence-corrected chi connectivity index (χ3v) is 7.08. The molecule has 1 aliphatic heterocycles. The van der Waals surface area contributed by atoms with Crippen molar-refractivity contribution in [3.05, 3.63) is 28.8 Å². The summed E-state index contributed by atoms with van der Waals surface area (Å²) >= 11 is 0. The molecular weight excluding hydrogens is 350 g/mol. The van der Waals surface area contributed by atoms with Crippen LogP contribution in [0.5, 0.6) is 0 Å². The Bertz CT molecular complexity index is 715. The summed E-state index contributed by atoms with van der Waals surface area (Å²) in [6.07, 6.45) is 1.13. The molecule has 1 aromatic carbocycles. The highest BCUT2D eigenvalue weighted by molar-refractivity contribution is 7.89. The highest BCUT2D eigenvalue weighted by atomic mass is 32.2. The van der Waals surface area contributed by atoms with Gasteiger partial charge in [-0.15, -0.1) is 0 Å². The molecule has 6 nitrogen and oxygen atoms in total. The zero-order chi connectivity index (χ0) is 19.3. The highest BCUT2D eigenvalue weighted by Crippen LogP contribution is 2.28. The molecule has 0 bridgehead atoms. The molecule has 7 heteroatoms. The predicted octanol–water partition coefficient (Wildman–Crippen LogP) is 1.74. The highest BCUT2D eigenvalue weighted by Gasteiger charge is 2.33. The van der Waals surface area contributed by atoms with Crippen molar-refractivity contribution in [3.8, 4) is 0 Å². The van der Waals surface area contributed by atoms with Crippen LogP contribution in [-0.2, 0) is 14.8 Å². The van der Waals surface area contributed by atoms with Gasteiger partial charge in [0.1, 0.15) is 0 Å².